The molecule has 3 aromatic rings. The van der Waals surface area contributed by atoms with Crippen molar-refractivity contribution in [1.82, 2.24) is 5.32 Å². The highest BCUT2D eigenvalue weighted by atomic mass is 19.4. The summed E-state index contributed by atoms with van der Waals surface area (Å²) in [6.45, 7) is 0.136. The number of amides is 1. The molecule has 0 saturated carbocycles. The largest absolute Gasteiger partial charge is 0.573 e. The third kappa shape index (κ3) is 4.43. The molecule has 0 spiro atoms. The van der Waals surface area contributed by atoms with Gasteiger partial charge >= 0.3 is 6.36 Å². The van der Waals surface area contributed by atoms with Gasteiger partial charge in [-0.1, -0.05) is 0 Å². The molecule has 3 rings (SSSR count). The van der Waals surface area contributed by atoms with Gasteiger partial charge in [0, 0.05) is 5.56 Å². The average molecular weight is 351 g/mol. The van der Waals surface area contributed by atoms with E-state index in [-0.39, 0.29) is 17.9 Å². The van der Waals surface area contributed by atoms with Gasteiger partial charge in [-0.15, -0.1) is 13.2 Å². The van der Waals surface area contributed by atoms with Gasteiger partial charge in [-0.25, -0.2) is 0 Å². The first-order valence-electron chi connectivity index (χ1n) is 7.16. The molecule has 8 heteroatoms. The molecule has 1 amide bonds. The molecule has 130 valence electrons. The molecule has 0 bridgehead atoms. The number of hydrogen-bond acceptors (Lipinski definition) is 4. The number of alkyl halides is 3. The van der Waals surface area contributed by atoms with Crippen LogP contribution in [0, 0.1) is 0 Å². The van der Waals surface area contributed by atoms with Crippen molar-refractivity contribution in [3.05, 3.63) is 66.3 Å². The van der Waals surface area contributed by atoms with E-state index in [0.29, 0.717) is 11.5 Å². The van der Waals surface area contributed by atoms with Crippen LogP contribution in [0.2, 0.25) is 0 Å². The minimum Gasteiger partial charge on any atom is -0.472 e. The van der Waals surface area contributed by atoms with E-state index in [2.05, 4.69) is 10.1 Å². The molecule has 0 saturated heterocycles. The molecular formula is C17H12F3NO4. The van der Waals surface area contributed by atoms with Crippen molar-refractivity contribution in [2.45, 2.75) is 12.9 Å². The predicted molar refractivity (Wildman–Crippen MR) is 80.7 cm³/mol. The van der Waals surface area contributed by atoms with E-state index in [0.717, 1.165) is 17.7 Å². The molecule has 0 atom stereocenters. The fourth-order valence-electron chi connectivity index (χ4n) is 2.11. The lowest BCUT2D eigenvalue weighted by molar-refractivity contribution is -0.274. The Hall–Kier alpha value is -3.16. The Morgan fingerprint density at radius 1 is 1.08 bits per heavy atom. The summed E-state index contributed by atoms with van der Waals surface area (Å²) in [6, 6.07) is 9.84. The minimum atomic E-state index is -4.77. The van der Waals surface area contributed by atoms with E-state index in [4.69, 9.17) is 8.83 Å². The maximum absolute atomic E-state index is 12.1. The van der Waals surface area contributed by atoms with Gasteiger partial charge in [0.25, 0.3) is 5.91 Å². The Morgan fingerprint density at radius 3 is 2.48 bits per heavy atom. The van der Waals surface area contributed by atoms with Crippen molar-refractivity contribution in [2.24, 2.45) is 0 Å². The van der Waals surface area contributed by atoms with Gasteiger partial charge in [0.1, 0.15) is 23.5 Å². The second-order valence-corrected chi connectivity index (χ2v) is 5.03. The van der Waals surface area contributed by atoms with E-state index in [1.54, 1.807) is 18.2 Å². The van der Waals surface area contributed by atoms with Crippen molar-refractivity contribution in [2.75, 3.05) is 0 Å². The number of furan rings is 2. The van der Waals surface area contributed by atoms with Crippen molar-refractivity contribution < 1.29 is 31.5 Å². The highest BCUT2D eigenvalue weighted by Crippen LogP contribution is 2.23. The fraction of sp³-hybridized carbons (Fsp3) is 0.118. The Kier molecular flexibility index (Phi) is 4.51. The van der Waals surface area contributed by atoms with Crippen LogP contribution in [0.5, 0.6) is 5.75 Å². The highest BCUT2D eigenvalue weighted by molar-refractivity contribution is 5.94. The minimum absolute atomic E-state index is 0.136. The third-order valence-electron chi connectivity index (χ3n) is 3.24. The number of ether oxygens (including phenoxy) is 1. The number of carbonyl (C=O) groups excluding carboxylic acids is 1. The van der Waals surface area contributed by atoms with E-state index in [1.165, 1.54) is 24.7 Å². The number of carbonyl (C=O) groups is 1. The molecule has 0 fully saturated rings. The lowest BCUT2D eigenvalue weighted by atomic mass is 10.2. The average Bonchev–Trinajstić information content (AvgIpc) is 3.23. The van der Waals surface area contributed by atoms with Crippen molar-refractivity contribution in [3.63, 3.8) is 0 Å². The highest BCUT2D eigenvalue weighted by Gasteiger charge is 2.31. The zero-order chi connectivity index (χ0) is 17.9. The van der Waals surface area contributed by atoms with Crippen LogP contribution < -0.4 is 10.1 Å². The fourth-order valence-corrected chi connectivity index (χ4v) is 2.11. The molecular weight excluding hydrogens is 339 g/mol. The Balaban J connectivity index is 1.57. The maximum Gasteiger partial charge on any atom is 0.573 e. The lowest BCUT2D eigenvalue weighted by Crippen LogP contribution is -2.22. The Labute approximate surface area is 140 Å². The van der Waals surface area contributed by atoms with Gasteiger partial charge < -0.3 is 18.9 Å². The summed E-state index contributed by atoms with van der Waals surface area (Å²) < 4.78 is 50.6. The topological polar surface area (TPSA) is 64.6 Å². The second-order valence-electron chi connectivity index (χ2n) is 5.03. The number of benzene rings is 1. The molecule has 1 aromatic carbocycles. The van der Waals surface area contributed by atoms with Crippen LogP contribution >= 0.6 is 0 Å². The van der Waals surface area contributed by atoms with Crippen LogP contribution in [-0.2, 0) is 6.54 Å². The zero-order valence-corrected chi connectivity index (χ0v) is 12.7. The summed E-state index contributed by atoms with van der Waals surface area (Å²) in [5.41, 5.74) is 0.981. The summed E-state index contributed by atoms with van der Waals surface area (Å²) >= 11 is 0. The number of hydrogen-bond donors (Lipinski definition) is 1. The van der Waals surface area contributed by atoms with Crippen LogP contribution in [0.15, 0.2) is 63.8 Å². The summed E-state index contributed by atoms with van der Waals surface area (Å²) in [7, 11) is 0. The van der Waals surface area contributed by atoms with Crippen LogP contribution in [0.3, 0.4) is 0 Å². The first kappa shape index (κ1) is 16.7. The van der Waals surface area contributed by atoms with Gasteiger partial charge in [0.2, 0.25) is 0 Å². The third-order valence-corrected chi connectivity index (χ3v) is 3.24. The van der Waals surface area contributed by atoms with Crippen molar-refractivity contribution in [3.8, 4) is 17.1 Å². The SMILES string of the molecule is O=C(NCc1ccc(-c2ccoc2)o1)c1ccc(OC(F)(F)F)cc1. The van der Waals surface area contributed by atoms with Crippen LogP contribution in [0.4, 0.5) is 13.2 Å². The van der Waals surface area contributed by atoms with Crippen LogP contribution in [0.25, 0.3) is 11.3 Å². The predicted octanol–water partition coefficient (Wildman–Crippen LogP) is 4.37. The zero-order valence-electron chi connectivity index (χ0n) is 12.7. The van der Waals surface area contributed by atoms with Gasteiger partial charge in [-0.3, -0.25) is 4.79 Å². The summed E-state index contributed by atoms with van der Waals surface area (Å²) in [5, 5.41) is 2.62. The van der Waals surface area contributed by atoms with E-state index < -0.39 is 12.3 Å². The van der Waals surface area contributed by atoms with Crippen molar-refractivity contribution >= 4 is 5.91 Å². The molecule has 2 aromatic heterocycles. The molecule has 0 aliphatic carbocycles. The smallest absolute Gasteiger partial charge is 0.472 e. The van der Waals surface area contributed by atoms with E-state index in [1.807, 2.05) is 0 Å². The Morgan fingerprint density at radius 2 is 1.84 bits per heavy atom. The molecule has 1 N–H and O–H groups in total. The molecule has 0 radical (unpaired) electrons. The summed E-state index contributed by atoms with van der Waals surface area (Å²) in [5.74, 6) is 0.299. The molecule has 25 heavy (non-hydrogen) atoms. The normalized spacial score (nSPS) is 11.3. The van der Waals surface area contributed by atoms with Crippen LogP contribution in [-0.4, -0.2) is 12.3 Å². The first-order valence-corrected chi connectivity index (χ1v) is 7.16. The summed E-state index contributed by atoms with van der Waals surface area (Å²) in [4.78, 5) is 12.0. The Bertz CT molecular complexity index is 836. The van der Waals surface area contributed by atoms with Gasteiger partial charge in [0.15, 0.2) is 0 Å². The number of rotatable bonds is 5. The standard InChI is InChI=1S/C17H12F3NO4/c18-17(19,20)25-13-3-1-11(2-4-13)16(22)21-9-14-5-6-15(24-14)12-7-8-23-10-12/h1-8,10H,9H2,(H,21,22). The molecule has 0 aliphatic heterocycles. The number of nitrogens with one attached hydrogen (secondary N) is 1. The quantitative estimate of drug-likeness (QED) is 0.741. The second kappa shape index (κ2) is 6.76. The van der Waals surface area contributed by atoms with Crippen molar-refractivity contribution in [1.29, 1.82) is 0 Å². The monoisotopic (exact) mass is 351 g/mol. The maximum atomic E-state index is 12.1. The van der Waals surface area contributed by atoms with Gasteiger partial charge in [0.05, 0.1) is 18.4 Å². The van der Waals surface area contributed by atoms with Gasteiger partial charge in [-0.2, -0.15) is 0 Å². The van der Waals surface area contributed by atoms with Gasteiger partial charge in [-0.05, 0) is 42.5 Å². The number of halogens is 3. The lowest BCUT2D eigenvalue weighted by Gasteiger charge is -2.09. The first-order chi connectivity index (χ1) is 11.9. The molecule has 5 nitrogen and oxygen atoms in total. The van der Waals surface area contributed by atoms with E-state index in [9.17, 15) is 18.0 Å². The van der Waals surface area contributed by atoms with Crippen LogP contribution in [0.1, 0.15) is 16.1 Å². The van der Waals surface area contributed by atoms with E-state index >= 15 is 0 Å². The molecule has 0 unspecified atom stereocenters. The molecule has 2 heterocycles. The molecule has 0 aliphatic rings. The summed E-state index contributed by atoms with van der Waals surface area (Å²) in [6.07, 6.45) is -1.72.